The van der Waals surface area contributed by atoms with E-state index in [9.17, 15) is 9.59 Å². The monoisotopic (exact) mass is 512 g/mol. The van der Waals surface area contributed by atoms with E-state index in [2.05, 4.69) is 21.7 Å². The van der Waals surface area contributed by atoms with Crippen molar-refractivity contribution in [2.45, 2.75) is 52.2 Å². The predicted molar refractivity (Wildman–Crippen MR) is 152 cm³/mol. The van der Waals surface area contributed by atoms with Crippen LogP contribution in [0.25, 0.3) is 10.8 Å². The smallest absolute Gasteiger partial charge is 0.258 e. The zero-order chi connectivity index (χ0) is 27.0. The molecule has 0 aliphatic carbocycles. The molecule has 7 nitrogen and oxygen atoms in total. The van der Waals surface area contributed by atoms with Crippen molar-refractivity contribution >= 4 is 16.7 Å². The van der Waals surface area contributed by atoms with Gasteiger partial charge in [0.1, 0.15) is 5.75 Å². The lowest BCUT2D eigenvalue weighted by molar-refractivity contribution is 0.0919. The van der Waals surface area contributed by atoms with Crippen LogP contribution in [0.3, 0.4) is 0 Å². The van der Waals surface area contributed by atoms with Gasteiger partial charge in [0.2, 0.25) is 0 Å². The third kappa shape index (κ3) is 7.76. The zero-order valence-electron chi connectivity index (χ0n) is 22.4. The van der Waals surface area contributed by atoms with Crippen LogP contribution >= 0.6 is 0 Å². The van der Waals surface area contributed by atoms with E-state index in [0.717, 1.165) is 47.3 Å². The number of hydrogen-bond donors (Lipinski definition) is 2. The summed E-state index contributed by atoms with van der Waals surface area (Å²) in [6, 6.07) is 21.0. The van der Waals surface area contributed by atoms with E-state index < -0.39 is 0 Å². The molecule has 2 aromatic carbocycles. The van der Waals surface area contributed by atoms with Crippen molar-refractivity contribution in [2.24, 2.45) is 0 Å². The lowest BCUT2D eigenvalue weighted by atomic mass is 10.1. The minimum absolute atomic E-state index is 0.0325. The van der Waals surface area contributed by atoms with E-state index in [0.29, 0.717) is 25.1 Å². The lowest BCUT2D eigenvalue weighted by Gasteiger charge is -2.20. The van der Waals surface area contributed by atoms with E-state index in [4.69, 9.17) is 4.74 Å². The number of nitrogens with one attached hydrogen (secondary N) is 2. The SMILES string of the molecule is CC(C)(C)NC(=O)c1ccc(OCCCNCc2ccnc(CCn3ccc4ccccc4c3=O)c2)cc1. The van der Waals surface area contributed by atoms with Gasteiger partial charge < -0.3 is 19.9 Å². The van der Waals surface area contributed by atoms with Gasteiger partial charge in [-0.1, -0.05) is 18.2 Å². The summed E-state index contributed by atoms with van der Waals surface area (Å²) in [5, 5.41) is 8.11. The van der Waals surface area contributed by atoms with E-state index >= 15 is 0 Å². The Labute approximate surface area is 223 Å². The van der Waals surface area contributed by atoms with Gasteiger partial charge in [-0.25, -0.2) is 0 Å². The van der Waals surface area contributed by atoms with Crippen LogP contribution in [-0.2, 0) is 19.5 Å². The van der Waals surface area contributed by atoms with Crippen molar-refractivity contribution in [3.63, 3.8) is 0 Å². The van der Waals surface area contributed by atoms with Gasteiger partial charge in [-0.15, -0.1) is 0 Å². The van der Waals surface area contributed by atoms with Crippen LogP contribution in [-0.4, -0.2) is 34.1 Å². The number of rotatable bonds is 11. The first-order chi connectivity index (χ1) is 18.3. The fraction of sp³-hybridized carbons (Fsp3) is 0.323. The van der Waals surface area contributed by atoms with Gasteiger partial charge in [-0.2, -0.15) is 0 Å². The maximum absolute atomic E-state index is 12.7. The van der Waals surface area contributed by atoms with Crippen molar-refractivity contribution in [3.8, 4) is 5.75 Å². The van der Waals surface area contributed by atoms with Gasteiger partial charge in [-0.05, 0) is 93.2 Å². The molecule has 2 heterocycles. The van der Waals surface area contributed by atoms with Gasteiger partial charge >= 0.3 is 0 Å². The second-order valence-corrected chi connectivity index (χ2v) is 10.4. The molecule has 0 spiro atoms. The summed E-state index contributed by atoms with van der Waals surface area (Å²) in [6.07, 6.45) is 5.23. The number of aryl methyl sites for hydroxylation is 2. The molecule has 0 unspecified atom stereocenters. The molecule has 38 heavy (non-hydrogen) atoms. The minimum Gasteiger partial charge on any atom is -0.494 e. The van der Waals surface area contributed by atoms with Crippen LogP contribution in [0, 0.1) is 0 Å². The normalized spacial score (nSPS) is 11.4. The molecule has 0 aliphatic heterocycles. The van der Waals surface area contributed by atoms with Crippen LogP contribution < -0.4 is 20.9 Å². The number of fused-ring (bicyclic) bond motifs is 1. The summed E-state index contributed by atoms with van der Waals surface area (Å²) >= 11 is 0. The Hall–Kier alpha value is -3.97. The maximum atomic E-state index is 12.7. The average Bonchev–Trinajstić information content (AvgIpc) is 2.90. The first kappa shape index (κ1) is 27.1. The van der Waals surface area contributed by atoms with Crippen molar-refractivity contribution in [1.82, 2.24) is 20.2 Å². The van der Waals surface area contributed by atoms with E-state index in [1.807, 2.05) is 81.7 Å². The number of benzene rings is 2. The first-order valence-electron chi connectivity index (χ1n) is 13.1. The molecule has 4 rings (SSSR count). The molecule has 0 bridgehead atoms. The number of carbonyl (C=O) groups excluding carboxylic acids is 1. The fourth-order valence-corrected chi connectivity index (χ4v) is 4.15. The molecule has 0 saturated carbocycles. The molecule has 0 atom stereocenters. The first-order valence-corrected chi connectivity index (χ1v) is 13.1. The Morgan fingerprint density at radius 3 is 2.61 bits per heavy atom. The number of ether oxygens (including phenoxy) is 1. The van der Waals surface area contributed by atoms with Gasteiger partial charge in [-0.3, -0.25) is 14.6 Å². The van der Waals surface area contributed by atoms with Crippen molar-refractivity contribution in [2.75, 3.05) is 13.2 Å². The number of aromatic nitrogens is 2. The molecule has 0 saturated heterocycles. The molecule has 2 aromatic heterocycles. The van der Waals surface area contributed by atoms with Gasteiger partial charge in [0.25, 0.3) is 11.5 Å². The third-order valence-corrected chi connectivity index (χ3v) is 6.08. The third-order valence-electron chi connectivity index (χ3n) is 6.08. The van der Waals surface area contributed by atoms with Crippen molar-refractivity contribution in [3.05, 3.63) is 106 Å². The van der Waals surface area contributed by atoms with Gasteiger partial charge in [0.05, 0.1) is 6.61 Å². The summed E-state index contributed by atoms with van der Waals surface area (Å²) in [5.74, 6) is 0.664. The number of nitrogens with zero attached hydrogens (tertiary/aromatic N) is 2. The summed E-state index contributed by atoms with van der Waals surface area (Å²) < 4.78 is 7.57. The Morgan fingerprint density at radius 1 is 1.03 bits per heavy atom. The Kier molecular flexibility index (Phi) is 8.92. The van der Waals surface area contributed by atoms with E-state index in [1.165, 1.54) is 0 Å². The second-order valence-electron chi connectivity index (χ2n) is 10.4. The Morgan fingerprint density at radius 2 is 1.82 bits per heavy atom. The molecule has 0 aliphatic rings. The lowest BCUT2D eigenvalue weighted by Crippen LogP contribution is -2.40. The molecule has 198 valence electrons. The molecule has 4 aromatic rings. The minimum atomic E-state index is -0.268. The summed E-state index contributed by atoms with van der Waals surface area (Å²) in [4.78, 5) is 29.4. The van der Waals surface area contributed by atoms with E-state index in [1.54, 1.807) is 16.7 Å². The quantitative estimate of drug-likeness (QED) is 0.284. The largest absolute Gasteiger partial charge is 0.494 e. The van der Waals surface area contributed by atoms with Crippen LogP contribution in [0.15, 0.2) is 83.9 Å². The topological polar surface area (TPSA) is 85.2 Å². The summed E-state index contributed by atoms with van der Waals surface area (Å²) in [7, 11) is 0. The molecular weight excluding hydrogens is 476 g/mol. The predicted octanol–water partition coefficient (Wildman–Crippen LogP) is 4.73. The maximum Gasteiger partial charge on any atom is 0.258 e. The molecule has 0 radical (unpaired) electrons. The Bertz CT molecular complexity index is 1420. The number of carbonyl (C=O) groups is 1. The molecule has 2 N–H and O–H groups in total. The second kappa shape index (κ2) is 12.5. The van der Waals surface area contributed by atoms with Crippen molar-refractivity contribution in [1.29, 1.82) is 0 Å². The fourth-order valence-electron chi connectivity index (χ4n) is 4.15. The number of hydrogen-bond acceptors (Lipinski definition) is 5. The average molecular weight is 513 g/mol. The highest BCUT2D eigenvalue weighted by molar-refractivity contribution is 5.94. The van der Waals surface area contributed by atoms with Gasteiger partial charge in [0, 0.05) is 54.1 Å². The standard InChI is InChI=1S/C31H36N4O3/c1-31(2,3)34-29(36)25-9-11-27(12-10-25)38-20-6-16-32-22-23-13-17-33-26(21-23)15-19-35-18-14-24-7-4-5-8-28(24)30(35)37/h4-5,7-14,17-18,21,32H,6,15-16,19-20,22H2,1-3H3,(H,34,36). The number of pyridine rings is 2. The summed E-state index contributed by atoms with van der Waals surface area (Å²) in [5.41, 5.74) is 2.51. The highest BCUT2D eigenvalue weighted by Crippen LogP contribution is 2.14. The Balaban J connectivity index is 1.17. The van der Waals surface area contributed by atoms with E-state index in [-0.39, 0.29) is 17.0 Å². The zero-order valence-corrected chi connectivity index (χ0v) is 22.4. The highest BCUT2D eigenvalue weighted by atomic mass is 16.5. The van der Waals surface area contributed by atoms with Crippen LogP contribution in [0.4, 0.5) is 0 Å². The number of amides is 1. The summed E-state index contributed by atoms with van der Waals surface area (Å²) in [6.45, 7) is 8.61. The molecule has 0 fully saturated rings. The van der Waals surface area contributed by atoms with Gasteiger partial charge in [0.15, 0.2) is 0 Å². The molecular formula is C31H36N4O3. The van der Waals surface area contributed by atoms with Crippen LogP contribution in [0.1, 0.15) is 48.8 Å². The molecule has 7 heteroatoms. The van der Waals surface area contributed by atoms with Crippen molar-refractivity contribution < 1.29 is 9.53 Å². The molecule has 1 amide bonds. The van der Waals surface area contributed by atoms with Crippen LogP contribution in [0.5, 0.6) is 5.75 Å². The highest BCUT2D eigenvalue weighted by Gasteiger charge is 2.15. The van der Waals surface area contributed by atoms with Crippen LogP contribution in [0.2, 0.25) is 0 Å².